The molecular formula is C13H12ClNO2. The Kier molecular flexibility index (Phi) is 3.29. The van der Waals surface area contributed by atoms with E-state index in [0.29, 0.717) is 28.9 Å². The monoisotopic (exact) mass is 249 g/mol. The number of H-pyrrole nitrogens is 1. The Labute approximate surface area is 103 Å². The number of aromatic amines is 1. The van der Waals surface area contributed by atoms with E-state index < -0.39 is 0 Å². The van der Waals surface area contributed by atoms with Gasteiger partial charge in [-0.1, -0.05) is 29.8 Å². The summed E-state index contributed by atoms with van der Waals surface area (Å²) in [4.78, 5) is 25.5. The molecule has 0 aliphatic rings. The minimum absolute atomic E-state index is 0.0497. The number of ketones is 1. The van der Waals surface area contributed by atoms with Crippen molar-refractivity contribution in [3.05, 3.63) is 45.2 Å². The highest BCUT2D eigenvalue weighted by atomic mass is 35.5. The molecule has 2 rings (SSSR count). The molecule has 1 heterocycles. The van der Waals surface area contributed by atoms with Gasteiger partial charge >= 0.3 is 0 Å². The summed E-state index contributed by atoms with van der Waals surface area (Å²) in [7, 11) is 0. The number of halogens is 1. The van der Waals surface area contributed by atoms with Crippen LogP contribution in [0.25, 0.3) is 10.9 Å². The molecule has 0 amide bonds. The molecule has 4 heteroatoms. The van der Waals surface area contributed by atoms with Gasteiger partial charge in [0.05, 0.1) is 5.02 Å². The summed E-state index contributed by atoms with van der Waals surface area (Å²) >= 11 is 6.20. The Morgan fingerprint density at radius 1 is 1.35 bits per heavy atom. The van der Waals surface area contributed by atoms with E-state index in [1.807, 2.05) is 18.2 Å². The standard InChI is InChI=1S/C13H12ClNO2/c1-8(16)6-7-10-12(14)9-4-2-3-5-11(9)15-13(10)17/h2-5H,6-7H2,1H3,(H,15,17). The first-order chi connectivity index (χ1) is 8.09. The fourth-order valence-corrected chi connectivity index (χ4v) is 2.11. The van der Waals surface area contributed by atoms with Gasteiger partial charge in [0.1, 0.15) is 5.78 Å². The van der Waals surface area contributed by atoms with Crippen molar-refractivity contribution in [3.8, 4) is 0 Å². The van der Waals surface area contributed by atoms with Gasteiger partial charge in [-0.05, 0) is 19.4 Å². The second kappa shape index (κ2) is 4.72. The summed E-state index contributed by atoms with van der Waals surface area (Å²) in [6.07, 6.45) is 0.718. The molecule has 0 radical (unpaired) electrons. The molecule has 0 atom stereocenters. The second-order valence-corrected chi connectivity index (χ2v) is 4.37. The fourth-order valence-electron chi connectivity index (χ4n) is 1.77. The molecule has 88 valence electrons. The van der Waals surface area contributed by atoms with Gasteiger partial charge in [-0.3, -0.25) is 4.79 Å². The van der Waals surface area contributed by atoms with E-state index in [1.54, 1.807) is 6.07 Å². The number of pyridine rings is 1. The lowest BCUT2D eigenvalue weighted by Gasteiger charge is -2.05. The number of fused-ring (bicyclic) bond motifs is 1. The van der Waals surface area contributed by atoms with Crippen molar-refractivity contribution in [2.24, 2.45) is 0 Å². The van der Waals surface area contributed by atoms with Crippen LogP contribution in [0.2, 0.25) is 5.02 Å². The number of benzene rings is 1. The van der Waals surface area contributed by atoms with Crippen LogP contribution in [0.15, 0.2) is 29.1 Å². The molecule has 17 heavy (non-hydrogen) atoms. The normalized spacial score (nSPS) is 10.7. The predicted molar refractivity (Wildman–Crippen MR) is 68.6 cm³/mol. The van der Waals surface area contributed by atoms with Crippen LogP contribution in [0, 0.1) is 0 Å². The van der Waals surface area contributed by atoms with Crippen molar-refractivity contribution in [3.63, 3.8) is 0 Å². The summed E-state index contributed by atoms with van der Waals surface area (Å²) in [5, 5.41) is 1.26. The van der Waals surface area contributed by atoms with Gasteiger partial charge in [-0.2, -0.15) is 0 Å². The molecule has 0 saturated carbocycles. The van der Waals surface area contributed by atoms with Crippen LogP contribution in [-0.4, -0.2) is 10.8 Å². The van der Waals surface area contributed by atoms with Crippen molar-refractivity contribution in [2.45, 2.75) is 19.8 Å². The quantitative estimate of drug-likeness (QED) is 0.909. The second-order valence-electron chi connectivity index (χ2n) is 3.99. The largest absolute Gasteiger partial charge is 0.322 e. The van der Waals surface area contributed by atoms with Crippen LogP contribution in [-0.2, 0) is 11.2 Å². The van der Waals surface area contributed by atoms with Crippen LogP contribution < -0.4 is 5.56 Å². The molecular weight excluding hydrogens is 238 g/mol. The molecule has 0 saturated heterocycles. The van der Waals surface area contributed by atoms with Gasteiger partial charge in [-0.25, -0.2) is 0 Å². The number of carbonyl (C=O) groups excluding carboxylic acids is 1. The maximum atomic E-state index is 11.8. The zero-order valence-electron chi connectivity index (χ0n) is 9.42. The zero-order valence-corrected chi connectivity index (χ0v) is 10.2. The third-order valence-corrected chi connectivity index (χ3v) is 3.11. The van der Waals surface area contributed by atoms with Crippen molar-refractivity contribution in [1.29, 1.82) is 0 Å². The lowest BCUT2D eigenvalue weighted by molar-refractivity contribution is -0.116. The molecule has 1 N–H and O–H groups in total. The summed E-state index contributed by atoms with van der Waals surface area (Å²) in [5.74, 6) is 0.0497. The minimum atomic E-state index is -0.213. The Morgan fingerprint density at radius 3 is 2.76 bits per heavy atom. The Morgan fingerprint density at radius 2 is 2.06 bits per heavy atom. The average Bonchev–Trinajstić information content (AvgIpc) is 2.28. The Balaban J connectivity index is 2.56. The van der Waals surface area contributed by atoms with Crippen LogP contribution in [0.3, 0.4) is 0 Å². The van der Waals surface area contributed by atoms with E-state index >= 15 is 0 Å². The number of para-hydroxylation sites is 1. The van der Waals surface area contributed by atoms with E-state index in [0.717, 1.165) is 5.39 Å². The van der Waals surface area contributed by atoms with E-state index in [9.17, 15) is 9.59 Å². The topological polar surface area (TPSA) is 49.9 Å². The number of Topliss-reactive ketones (excluding diaryl/α,β-unsaturated/α-hetero) is 1. The van der Waals surface area contributed by atoms with Crippen LogP contribution in [0.5, 0.6) is 0 Å². The summed E-state index contributed by atoms with van der Waals surface area (Å²) < 4.78 is 0. The molecule has 0 aliphatic heterocycles. The van der Waals surface area contributed by atoms with Gasteiger partial charge in [0, 0.05) is 22.9 Å². The van der Waals surface area contributed by atoms with Crippen molar-refractivity contribution >= 4 is 28.3 Å². The molecule has 1 aromatic carbocycles. The van der Waals surface area contributed by atoms with Gasteiger partial charge in [0.2, 0.25) is 0 Å². The van der Waals surface area contributed by atoms with Crippen molar-refractivity contribution in [2.75, 3.05) is 0 Å². The maximum absolute atomic E-state index is 11.8. The lowest BCUT2D eigenvalue weighted by Crippen LogP contribution is -2.14. The summed E-state index contributed by atoms with van der Waals surface area (Å²) in [5.41, 5.74) is 0.990. The number of carbonyl (C=O) groups is 1. The first-order valence-corrected chi connectivity index (χ1v) is 5.76. The molecule has 0 unspecified atom stereocenters. The average molecular weight is 250 g/mol. The highest BCUT2D eigenvalue weighted by molar-refractivity contribution is 6.36. The minimum Gasteiger partial charge on any atom is -0.322 e. The van der Waals surface area contributed by atoms with Crippen LogP contribution >= 0.6 is 11.6 Å². The van der Waals surface area contributed by atoms with Gasteiger partial charge in [0.15, 0.2) is 0 Å². The first-order valence-electron chi connectivity index (χ1n) is 5.38. The molecule has 0 spiro atoms. The number of hydrogen-bond acceptors (Lipinski definition) is 2. The number of nitrogens with one attached hydrogen (secondary N) is 1. The summed E-state index contributed by atoms with van der Waals surface area (Å²) in [6.45, 7) is 1.50. The highest BCUT2D eigenvalue weighted by Crippen LogP contribution is 2.23. The van der Waals surface area contributed by atoms with E-state index in [-0.39, 0.29) is 11.3 Å². The van der Waals surface area contributed by atoms with Gasteiger partial charge in [0.25, 0.3) is 5.56 Å². The SMILES string of the molecule is CC(=O)CCc1c(Cl)c2ccccc2[nH]c1=O. The summed E-state index contributed by atoms with van der Waals surface area (Å²) in [6, 6.07) is 7.35. The smallest absolute Gasteiger partial charge is 0.253 e. The van der Waals surface area contributed by atoms with Gasteiger partial charge in [-0.15, -0.1) is 0 Å². The van der Waals surface area contributed by atoms with Crippen LogP contribution in [0.1, 0.15) is 18.9 Å². The third kappa shape index (κ3) is 2.39. The number of hydrogen-bond donors (Lipinski definition) is 1. The third-order valence-electron chi connectivity index (χ3n) is 2.68. The van der Waals surface area contributed by atoms with E-state index in [2.05, 4.69) is 4.98 Å². The first kappa shape index (κ1) is 11.9. The molecule has 0 fully saturated rings. The Hall–Kier alpha value is -1.61. The van der Waals surface area contributed by atoms with Crippen LogP contribution in [0.4, 0.5) is 0 Å². The highest BCUT2D eigenvalue weighted by Gasteiger charge is 2.10. The molecule has 0 aliphatic carbocycles. The lowest BCUT2D eigenvalue weighted by atomic mass is 10.1. The maximum Gasteiger partial charge on any atom is 0.253 e. The van der Waals surface area contributed by atoms with Crippen molar-refractivity contribution in [1.82, 2.24) is 4.98 Å². The molecule has 0 bridgehead atoms. The molecule has 3 nitrogen and oxygen atoms in total. The number of rotatable bonds is 3. The predicted octanol–water partition coefficient (Wildman–Crippen LogP) is 2.70. The van der Waals surface area contributed by atoms with Crippen molar-refractivity contribution < 1.29 is 4.79 Å². The fraction of sp³-hybridized carbons (Fsp3) is 0.231. The Bertz CT molecular complexity index is 631. The van der Waals surface area contributed by atoms with E-state index in [1.165, 1.54) is 6.92 Å². The number of aromatic nitrogens is 1. The molecule has 1 aromatic heterocycles. The van der Waals surface area contributed by atoms with E-state index in [4.69, 9.17) is 11.6 Å². The zero-order chi connectivity index (χ0) is 12.4. The van der Waals surface area contributed by atoms with Gasteiger partial charge < -0.3 is 9.78 Å². The molecule has 2 aromatic rings.